The molecule has 0 saturated carbocycles. The summed E-state index contributed by atoms with van der Waals surface area (Å²) in [7, 11) is 0.736. The number of aldehydes is 1. The fourth-order valence-electron chi connectivity index (χ4n) is 10.6. The number of hydrogen-bond donors (Lipinski definition) is 1. The first kappa shape index (κ1) is 71.4. The molecule has 14 heteroatoms. The normalized spacial score (nSPS) is 12.0. The Balaban J connectivity index is 0.000000154. The Bertz CT molecular complexity index is 4630. The number of aliphatic hydroxyl groups is 1. The van der Waals surface area contributed by atoms with Gasteiger partial charge in [0, 0.05) is 16.7 Å². The molecule has 498 valence electrons. The highest BCUT2D eigenvalue weighted by atomic mass is 28.4. The van der Waals surface area contributed by atoms with Crippen LogP contribution < -0.4 is 18.9 Å². The summed E-state index contributed by atoms with van der Waals surface area (Å²) in [5, 5.41) is 28.2. The van der Waals surface area contributed by atoms with Gasteiger partial charge in [0.25, 0.3) is 0 Å². The van der Waals surface area contributed by atoms with Gasteiger partial charge in [-0.05, 0) is 154 Å². The number of fused-ring (bicyclic) bond motifs is 4. The standard InChI is InChI=1S/C24H26O4.C22H23NO2Si.C20H18O4.C18H14O2/c1-24(2,3)28-22(23(25)26-4)20-14-18-12-8-9-13-19(18)15-21(20)27-16-17-10-6-5-7-11-17;1-26(2,3)25-22(15-23)20-13-18-11-7-8-12-19(18)14-21(20)24-16-17-9-5-4-6-10-17;1-23-20(22)19(21)17-11-15-9-5-6-10-16(15)12-18(17)24-13-14-7-3-2-4-8-14;19-12-17-10-15-8-4-5-9-16(15)11-18(17)20-13-14-6-2-1-3-7-14/h5-15,22H,16H2,1-4H3;4-14,22H,16H2,1-3H3;2-12,19,21H,13H2,1H3;1-12H,13H2. The predicted molar refractivity (Wildman–Crippen MR) is 390 cm³/mol. The molecule has 0 aliphatic carbocycles. The van der Waals surface area contributed by atoms with Crippen LogP contribution in [0.15, 0.2) is 267 Å². The van der Waals surface area contributed by atoms with Gasteiger partial charge in [-0.15, -0.1) is 0 Å². The highest BCUT2D eigenvalue weighted by Gasteiger charge is 2.32. The number of methoxy groups -OCH3 is 2. The lowest BCUT2D eigenvalue weighted by atomic mass is 10.0. The number of nitrogens with zero attached hydrogens (tertiary/aromatic N) is 1. The first-order valence-electron chi connectivity index (χ1n) is 32.2. The molecule has 12 aromatic carbocycles. The van der Waals surface area contributed by atoms with E-state index < -0.39 is 44.2 Å². The zero-order valence-corrected chi connectivity index (χ0v) is 57.4. The minimum absolute atomic E-state index is 0.347. The summed E-state index contributed by atoms with van der Waals surface area (Å²) < 4.78 is 45.8. The van der Waals surface area contributed by atoms with E-state index in [1.165, 1.54) is 14.2 Å². The van der Waals surface area contributed by atoms with Crippen molar-refractivity contribution >= 4 is 69.6 Å². The molecule has 0 saturated heterocycles. The van der Waals surface area contributed by atoms with Crippen molar-refractivity contribution in [2.24, 2.45) is 0 Å². The number of carbonyl (C=O) groups excluding carboxylic acids is 3. The number of nitriles is 1. The largest absolute Gasteiger partial charge is 0.488 e. The van der Waals surface area contributed by atoms with Gasteiger partial charge in [0.1, 0.15) is 49.4 Å². The average Bonchev–Trinajstić information content (AvgIpc) is 0.820. The molecule has 0 aromatic heterocycles. The molecule has 12 aromatic rings. The van der Waals surface area contributed by atoms with Gasteiger partial charge in [-0.2, -0.15) is 5.26 Å². The van der Waals surface area contributed by atoms with Crippen LogP contribution in [0.2, 0.25) is 19.6 Å². The molecule has 0 amide bonds. The molecular weight excluding hydrogens is 1240 g/mol. The molecule has 0 heterocycles. The van der Waals surface area contributed by atoms with E-state index in [1.807, 2.05) is 276 Å². The van der Waals surface area contributed by atoms with Crippen molar-refractivity contribution in [3.8, 4) is 29.1 Å². The molecule has 0 aliphatic heterocycles. The van der Waals surface area contributed by atoms with E-state index >= 15 is 0 Å². The van der Waals surface area contributed by atoms with Gasteiger partial charge in [-0.3, -0.25) is 4.79 Å². The fourth-order valence-corrected chi connectivity index (χ4v) is 11.4. The highest BCUT2D eigenvalue weighted by Crippen LogP contribution is 2.38. The molecule has 1 N–H and O–H groups in total. The van der Waals surface area contributed by atoms with E-state index in [0.29, 0.717) is 66.1 Å². The zero-order valence-electron chi connectivity index (χ0n) is 56.4. The summed E-state index contributed by atoms with van der Waals surface area (Å²) in [6.45, 7) is 13.7. The van der Waals surface area contributed by atoms with Crippen LogP contribution >= 0.6 is 0 Å². The number of ether oxygens (including phenoxy) is 7. The molecule has 0 radical (unpaired) electrons. The summed E-state index contributed by atoms with van der Waals surface area (Å²) >= 11 is 0. The highest BCUT2D eigenvalue weighted by molar-refractivity contribution is 6.69. The maximum absolute atomic E-state index is 12.5. The minimum atomic E-state index is -1.88. The number of aliphatic hydroxyl groups excluding tert-OH is 1. The number of esters is 2. The monoisotopic (exact) mass is 1320 g/mol. The molecule has 0 spiro atoms. The molecule has 3 unspecified atom stereocenters. The summed E-state index contributed by atoms with van der Waals surface area (Å²) in [6, 6.07) is 88.9. The van der Waals surface area contributed by atoms with Crippen molar-refractivity contribution in [3.05, 3.63) is 311 Å². The maximum atomic E-state index is 12.5. The van der Waals surface area contributed by atoms with Crippen LogP contribution in [0.4, 0.5) is 0 Å². The van der Waals surface area contributed by atoms with E-state index in [9.17, 15) is 24.8 Å². The molecular formula is C84H81NO12Si. The molecule has 0 bridgehead atoms. The van der Waals surface area contributed by atoms with Gasteiger partial charge in [-0.1, -0.05) is 218 Å². The van der Waals surface area contributed by atoms with Gasteiger partial charge < -0.3 is 42.7 Å². The van der Waals surface area contributed by atoms with E-state index in [-0.39, 0.29) is 0 Å². The average molecular weight is 1320 g/mol. The Hall–Kier alpha value is -10.9. The summed E-state index contributed by atoms with van der Waals surface area (Å²) in [5.41, 5.74) is 6.14. The van der Waals surface area contributed by atoms with E-state index in [0.717, 1.165) is 77.2 Å². The van der Waals surface area contributed by atoms with Crippen LogP contribution in [0.25, 0.3) is 43.1 Å². The second-order valence-corrected chi connectivity index (χ2v) is 29.4. The lowest BCUT2D eigenvalue weighted by Crippen LogP contribution is -2.28. The van der Waals surface area contributed by atoms with E-state index in [2.05, 4.69) is 36.5 Å². The van der Waals surface area contributed by atoms with E-state index in [4.69, 9.17) is 32.8 Å². The van der Waals surface area contributed by atoms with Crippen molar-refractivity contribution in [2.45, 2.75) is 90.8 Å². The van der Waals surface area contributed by atoms with Crippen molar-refractivity contribution in [3.63, 3.8) is 0 Å². The van der Waals surface area contributed by atoms with Crippen molar-refractivity contribution in [1.29, 1.82) is 5.26 Å². The maximum Gasteiger partial charge on any atom is 0.339 e. The van der Waals surface area contributed by atoms with Crippen molar-refractivity contribution < 1.29 is 57.1 Å². The quantitative estimate of drug-likeness (QED) is 0.0410. The Morgan fingerprint density at radius 1 is 0.429 bits per heavy atom. The fraction of sp³-hybridized carbons (Fsp3) is 0.190. The topological polar surface area (TPSA) is 169 Å². The Labute approximate surface area is 574 Å². The Kier molecular flexibility index (Phi) is 25.2. The lowest BCUT2D eigenvalue weighted by molar-refractivity contribution is -0.164. The molecule has 13 nitrogen and oxygen atoms in total. The SMILES string of the molecule is COC(=O)C(O)c1cc2ccccc2cc1OCc1ccccc1.COC(=O)C(OC(C)(C)C)c1cc2ccccc2cc1OCc1ccccc1.C[Si](C)(C)OC(C#N)c1cc2ccccc2cc1OCc1ccccc1.O=Cc1cc2ccccc2cc1OCc1ccccc1. The van der Waals surface area contributed by atoms with Crippen LogP contribution in [0.3, 0.4) is 0 Å². The third-order valence-corrected chi connectivity index (χ3v) is 16.3. The first-order valence-corrected chi connectivity index (χ1v) is 35.6. The second-order valence-electron chi connectivity index (χ2n) is 25.0. The van der Waals surface area contributed by atoms with Crippen LogP contribution in [0, 0.1) is 11.3 Å². The third-order valence-electron chi connectivity index (χ3n) is 15.3. The number of hydrogen-bond acceptors (Lipinski definition) is 13. The van der Waals surface area contributed by atoms with Gasteiger partial charge in [0.15, 0.2) is 32.9 Å². The smallest absolute Gasteiger partial charge is 0.339 e. The molecule has 98 heavy (non-hydrogen) atoms. The van der Waals surface area contributed by atoms with Crippen LogP contribution in [-0.2, 0) is 54.7 Å². The predicted octanol–water partition coefficient (Wildman–Crippen LogP) is 19.1. The summed E-state index contributed by atoms with van der Waals surface area (Å²) in [5.74, 6) is 1.25. The number of rotatable bonds is 21. The molecule has 3 atom stereocenters. The Morgan fingerprint density at radius 2 is 0.724 bits per heavy atom. The molecule has 0 fully saturated rings. The third kappa shape index (κ3) is 20.5. The van der Waals surface area contributed by atoms with Gasteiger partial charge in [-0.25, -0.2) is 9.59 Å². The van der Waals surface area contributed by atoms with Gasteiger partial charge in [0.05, 0.1) is 31.5 Å². The first-order chi connectivity index (χ1) is 47.4. The second kappa shape index (κ2) is 34.7. The van der Waals surface area contributed by atoms with Gasteiger partial charge in [0.2, 0.25) is 0 Å². The Morgan fingerprint density at radius 3 is 1.06 bits per heavy atom. The minimum Gasteiger partial charge on any atom is -0.488 e. The van der Waals surface area contributed by atoms with Crippen LogP contribution in [0.1, 0.15) is 88.4 Å². The van der Waals surface area contributed by atoms with Crippen LogP contribution in [0.5, 0.6) is 23.0 Å². The van der Waals surface area contributed by atoms with Crippen molar-refractivity contribution in [1.82, 2.24) is 0 Å². The molecule has 0 aliphatic rings. The van der Waals surface area contributed by atoms with Gasteiger partial charge >= 0.3 is 11.9 Å². The molecule has 12 rings (SSSR count). The van der Waals surface area contributed by atoms with Crippen molar-refractivity contribution in [2.75, 3.05) is 14.2 Å². The lowest BCUT2D eigenvalue weighted by Gasteiger charge is -2.27. The summed E-state index contributed by atoms with van der Waals surface area (Å²) in [6.07, 6.45) is -2.05. The zero-order chi connectivity index (χ0) is 69.4. The van der Waals surface area contributed by atoms with E-state index in [1.54, 1.807) is 6.07 Å². The summed E-state index contributed by atoms with van der Waals surface area (Å²) in [4.78, 5) is 35.5. The number of benzene rings is 12. The number of carbonyl (C=O) groups is 3. The van der Waals surface area contributed by atoms with Crippen LogP contribution in [-0.4, -0.2) is 51.5 Å².